The number of aryl methyl sites for hydroxylation is 1. The van der Waals surface area contributed by atoms with Gasteiger partial charge in [-0.15, -0.1) is 0 Å². The molecule has 0 radical (unpaired) electrons. The number of H-pyrrole nitrogens is 1. The number of likely N-dealkylation sites (tertiary alicyclic amines) is 1. The number of hydrogen-bond donors (Lipinski definition) is 1. The maximum absolute atomic E-state index is 12.3. The molecular weight excluding hydrogens is 356 g/mol. The molecule has 1 aliphatic heterocycles. The van der Waals surface area contributed by atoms with Gasteiger partial charge in [-0.2, -0.15) is 0 Å². The molecule has 1 fully saturated rings. The first-order valence-corrected chi connectivity index (χ1v) is 9.66. The average molecular weight is 382 g/mol. The van der Waals surface area contributed by atoms with Crippen molar-refractivity contribution < 1.29 is 9.47 Å². The Morgan fingerprint density at radius 2 is 2.00 bits per heavy atom. The minimum Gasteiger partial charge on any atom is -0.493 e. The molecular formula is C21H26N4O3. The van der Waals surface area contributed by atoms with Gasteiger partial charge in [0.1, 0.15) is 0 Å². The fourth-order valence-corrected chi connectivity index (χ4v) is 3.92. The number of benzene rings is 1. The van der Waals surface area contributed by atoms with E-state index in [0.717, 1.165) is 55.4 Å². The number of fused-ring (bicyclic) bond motifs is 1. The van der Waals surface area contributed by atoms with Crippen molar-refractivity contribution in [3.05, 3.63) is 57.6 Å². The summed E-state index contributed by atoms with van der Waals surface area (Å²) in [7, 11) is 3.30. The van der Waals surface area contributed by atoms with Crippen LogP contribution in [0.25, 0.3) is 5.65 Å². The van der Waals surface area contributed by atoms with Crippen LogP contribution in [0.4, 0.5) is 0 Å². The minimum atomic E-state index is -0.0479. The summed E-state index contributed by atoms with van der Waals surface area (Å²) in [5, 5.41) is 3.25. The Bertz CT molecular complexity index is 1040. The van der Waals surface area contributed by atoms with E-state index in [1.165, 1.54) is 5.56 Å². The van der Waals surface area contributed by atoms with E-state index in [1.54, 1.807) is 24.8 Å². The van der Waals surface area contributed by atoms with Crippen molar-refractivity contribution in [3.8, 4) is 11.5 Å². The van der Waals surface area contributed by atoms with Crippen LogP contribution < -0.4 is 15.0 Å². The number of methoxy groups -OCH3 is 2. The summed E-state index contributed by atoms with van der Waals surface area (Å²) < 4.78 is 12.3. The van der Waals surface area contributed by atoms with E-state index in [0.29, 0.717) is 11.6 Å². The molecule has 0 bridgehead atoms. The summed E-state index contributed by atoms with van der Waals surface area (Å²) in [5.74, 6) is 1.86. The summed E-state index contributed by atoms with van der Waals surface area (Å²) in [5.41, 5.74) is 3.76. The molecule has 2 aromatic heterocycles. The number of aromatic amines is 1. The molecule has 1 atom stereocenters. The third-order valence-electron chi connectivity index (χ3n) is 5.45. The third-order valence-corrected chi connectivity index (χ3v) is 5.45. The Kier molecular flexibility index (Phi) is 5.09. The van der Waals surface area contributed by atoms with Crippen LogP contribution in [0, 0.1) is 0 Å². The number of nitrogens with one attached hydrogen (secondary N) is 1. The zero-order valence-electron chi connectivity index (χ0n) is 16.6. The van der Waals surface area contributed by atoms with Crippen LogP contribution >= 0.6 is 0 Å². The zero-order valence-corrected chi connectivity index (χ0v) is 16.6. The number of aromatic nitrogens is 3. The highest BCUT2D eigenvalue weighted by atomic mass is 16.5. The smallest absolute Gasteiger partial charge is 0.272 e. The second kappa shape index (κ2) is 7.67. The Labute approximate surface area is 163 Å². The Balaban J connectivity index is 1.49. The lowest BCUT2D eigenvalue weighted by atomic mass is 10.1. The van der Waals surface area contributed by atoms with Crippen molar-refractivity contribution in [1.29, 1.82) is 0 Å². The number of ether oxygens (including phenoxy) is 2. The van der Waals surface area contributed by atoms with Crippen LogP contribution in [-0.4, -0.2) is 46.8 Å². The van der Waals surface area contributed by atoms with E-state index in [2.05, 4.69) is 21.0 Å². The lowest BCUT2D eigenvalue weighted by molar-refractivity contribution is 0.323. The molecule has 0 amide bonds. The number of rotatable bonds is 6. The van der Waals surface area contributed by atoms with Crippen LogP contribution in [-0.2, 0) is 13.0 Å². The first-order chi connectivity index (χ1) is 13.6. The first-order valence-electron chi connectivity index (χ1n) is 9.66. The molecule has 28 heavy (non-hydrogen) atoms. The van der Waals surface area contributed by atoms with E-state index >= 15 is 0 Å². The van der Waals surface area contributed by atoms with Gasteiger partial charge < -0.3 is 9.47 Å². The molecule has 1 N–H and O–H groups in total. The summed E-state index contributed by atoms with van der Waals surface area (Å²) in [6.45, 7) is 4.82. The van der Waals surface area contributed by atoms with Crippen LogP contribution in [0.2, 0.25) is 0 Å². The maximum atomic E-state index is 12.3. The quantitative estimate of drug-likeness (QED) is 0.710. The lowest BCUT2D eigenvalue weighted by Crippen LogP contribution is -2.20. The van der Waals surface area contributed by atoms with E-state index < -0.39 is 0 Å². The highest BCUT2D eigenvalue weighted by Crippen LogP contribution is 2.31. The normalized spacial score (nSPS) is 17.3. The SMILES string of the molecule is CCc1cc(=O)n2[nH]c([C@@H]3CCN(Cc4ccc(OC)c(OC)c4)C3)cc2n1. The maximum Gasteiger partial charge on any atom is 0.272 e. The van der Waals surface area contributed by atoms with Crippen molar-refractivity contribution in [2.24, 2.45) is 0 Å². The van der Waals surface area contributed by atoms with Crippen LogP contribution in [0.5, 0.6) is 11.5 Å². The number of nitrogens with zero attached hydrogens (tertiary/aromatic N) is 3. The van der Waals surface area contributed by atoms with Gasteiger partial charge in [-0.3, -0.25) is 14.8 Å². The van der Waals surface area contributed by atoms with Crippen LogP contribution in [0.1, 0.15) is 36.2 Å². The molecule has 4 rings (SSSR count). The molecule has 0 saturated carbocycles. The van der Waals surface area contributed by atoms with Gasteiger partial charge >= 0.3 is 0 Å². The topological polar surface area (TPSA) is 71.9 Å². The third kappa shape index (κ3) is 3.49. The Hall–Kier alpha value is -2.80. The van der Waals surface area contributed by atoms with Crippen LogP contribution in [0.3, 0.4) is 0 Å². The predicted octanol–water partition coefficient (Wildman–Crippen LogP) is 2.59. The molecule has 0 unspecified atom stereocenters. The molecule has 1 saturated heterocycles. The van der Waals surface area contributed by atoms with Gasteiger partial charge in [0.25, 0.3) is 5.56 Å². The van der Waals surface area contributed by atoms with Crippen molar-refractivity contribution in [2.45, 2.75) is 32.2 Å². The monoisotopic (exact) mass is 382 g/mol. The van der Waals surface area contributed by atoms with Gasteiger partial charge in [-0.25, -0.2) is 9.50 Å². The highest BCUT2D eigenvalue weighted by Gasteiger charge is 2.26. The fraction of sp³-hybridized carbons (Fsp3) is 0.429. The largest absolute Gasteiger partial charge is 0.493 e. The molecule has 3 heterocycles. The van der Waals surface area contributed by atoms with E-state index in [1.807, 2.05) is 25.1 Å². The minimum absolute atomic E-state index is 0.0479. The summed E-state index contributed by atoms with van der Waals surface area (Å²) in [4.78, 5) is 19.2. The molecule has 1 aliphatic rings. The van der Waals surface area contributed by atoms with E-state index in [-0.39, 0.29) is 5.56 Å². The second-order valence-corrected chi connectivity index (χ2v) is 7.25. The number of hydrogen-bond acceptors (Lipinski definition) is 5. The van der Waals surface area contributed by atoms with Crippen LogP contribution in [0.15, 0.2) is 35.1 Å². The second-order valence-electron chi connectivity index (χ2n) is 7.25. The highest BCUT2D eigenvalue weighted by molar-refractivity contribution is 5.43. The molecule has 7 heteroatoms. The predicted molar refractivity (Wildman–Crippen MR) is 107 cm³/mol. The first kappa shape index (κ1) is 18.6. The van der Waals surface area contributed by atoms with Gasteiger partial charge in [0.05, 0.1) is 14.2 Å². The average Bonchev–Trinajstić information content (AvgIpc) is 3.34. The lowest BCUT2D eigenvalue weighted by Gasteiger charge is -2.17. The summed E-state index contributed by atoms with van der Waals surface area (Å²) in [6.07, 6.45) is 1.81. The molecule has 1 aromatic carbocycles. The van der Waals surface area contributed by atoms with E-state index in [4.69, 9.17) is 9.47 Å². The molecule has 7 nitrogen and oxygen atoms in total. The Morgan fingerprint density at radius 3 is 2.75 bits per heavy atom. The van der Waals surface area contributed by atoms with Gasteiger partial charge in [0.15, 0.2) is 17.1 Å². The van der Waals surface area contributed by atoms with Gasteiger partial charge in [0.2, 0.25) is 0 Å². The van der Waals surface area contributed by atoms with Gasteiger partial charge in [-0.1, -0.05) is 13.0 Å². The van der Waals surface area contributed by atoms with Crippen molar-refractivity contribution in [2.75, 3.05) is 27.3 Å². The van der Waals surface area contributed by atoms with E-state index in [9.17, 15) is 4.79 Å². The molecule has 0 spiro atoms. The molecule has 0 aliphatic carbocycles. The summed E-state index contributed by atoms with van der Waals surface area (Å²) >= 11 is 0. The van der Waals surface area contributed by atoms with Gasteiger partial charge in [-0.05, 0) is 37.1 Å². The van der Waals surface area contributed by atoms with Crippen molar-refractivity contribution >= 4 is 5.65 Å². The molecule has 3 aromatic rings. The standard InChI is InChI=1S/C21H26N4O3/c1-4-16-10-21(26)25-20(22-16)11-17(23-25)15-7-8-24(13-15)12-14-5-6-18(27-2)19(9-14)28-3/h5-6,9-11,15,23H,4,7-8,12-13H2,1-3H3/t15-/m1/s1. The molecule has 148 valence electrons. The summed E-state index contributed by atoms with van der Waals surface area (Å²) in [6, 6.07) is 9.68. The Morgan fingerprint density at radius 1 is 1.18 bits per heavy atom. The van der Waals surface area contributed by atoms with Crippen molar-refractivity contribution in [1.82, 2.24) is 19.5 Å². The fourth-order valence-electron chi connectivity index (χ4n) is 3.92. The van der Waals surface area contributed by atoms with Gasteiger partial charge in [0, 0.05) is 42.5 Å². The van der Waals surface area contributed by atoms with Crippen molar-refractivity contribution in [3.63, 3.8) is 0 Å². The zero-order chi connectivity index (χ0) is 19.7.